The van der Waals surface area contributed by atoms with Crippen molar-refractivity contribution >= 4 is 29.0 Å². The van der Waals surface area contributed by atoms with Crippen LogP contribution in [0.4, 0.5) is 5.82 Å². The molecule has 5 aromatic rings. The summed E-state index contributed by atoms with van der Waals surface area (Å²) in [5.74, 6) is 0.434. The van der Waals surface area contributed by atoms with Crippen LogP contribution in [0.5, 0.6) is 0 Å². The fourth-order valence-corrected chi connectivity index (χ4v) is 3.69. The molecule has 4 nitrogen and oxygen atoms in total. The Labute approximate surface area is 187 Å². The number of hydrogen-bond acceptors (Lipinski definition) is 4. The van der Waals surface area contributed by atoms with Gasteiger partial charge in [-0.05, 0) is 29.7 Å². The molecule has 0 aliphatic carbocycles. The number of benzene rings is 3. The largest absolute Gasteiger partial charge is 0.383 e. The van der Waals surface area contributed by atoms with Crippen LogP contribution in [0.25, 0.3) is 45.6 Å². The maximum Gasteiger partial charge on any atom is 0.165 e. The van der Waals surface area contributed by atoms with Crippen LogP contribution in [0.3, 0.4) is 0 Å². The highest BCUT2D eigenvalue weighted by atomic mass is 15.0. The van der Waals surface area contributed by atoms with E-state index in [1.165, 1.54) is 17.5 Å². The fourth-order valence-electron chi connectivity index (χ4n) is 3.69. The van der Waals surface area contributed by atoms with Gasteiger partial charge in [-0.1, -0.05) is 96.6 Å². The van der Waals surface area contributed by atoms with Crippen LogP contribution in [0.1, 0.15) is 16.7 Å². The lowest BCUT2D eigenvalue weighted by molar-refractivity contribution is 1.19. The minimum absolute atomic E-state index is 0.434. The van der Waals surface area contributed by atoms with Crippen LogP contribution >= 0.6 is 0 Å². The summed E-state index contributed by atoms with van der Waals surface area (Å²) in [7, 11) is 0. The molecule has 2 N–H and O–H groups in total. The van der Waals surface area contributed by atoms with E-state index in [1.54, 1.807) is 0 Å². The number of nitrogens with two attached hydrogens (primary N) is 1. The summed E-state index contributed by atoms with van der Waals surface area (Å²) in [5, 5.41) is 0.759. The molecule has 5 rings (SSSR count). The summed E-state index contributed by atoms with van der Waals surface area (Å²) < 4.78 is 0. The molecule has 0 aliphatic heterocycles. The summed E-state index contributed by atoms with van der Waals surface area (Å²) in [5.41, 5.74) is 14.2. The molecule has 0 saturated carbocycles. The van der Waals surface area contributed by atoms with Gasteiger partial charge in [0.2, 0.25) is 0 Å². The second kappa shape index (κ2) is 8.44. The predicted molar refractivity (Wildman–Crippen MR) is 133 cm³/mol. The van der Waals surface area contributed by atoms with Crippen molar-refractivity contribution < 1.29 is 0 Å². The van der Waals surface area contributed by atoms with E-state index in [2.05, 4.69) is 89.7 Å². The van der Waals surface area contributed by atoms with Gasteiger partial charge < -0.3 is 5.73 Å². The van der Waals surface area contributed by atoms with Gasteiger partial charge in [-0.25, -0.2) is 15.0 Å². The minimum Gasteiger partial charge on any atom is -0.383 e. The third kappa shape index (κ3) is 3.98. The number of anilines is 1. The Morgan fingerprint density at radius 2 is 1.38 bits per heavy atom. The van der Waals surface area contributed by atoms with Gasteiger partial charge in [0, 0.05) is 11.1 Å². The third-order valence-electron chi connectivity index (χ3n) is 5.47. The quantitative estimate of drug-likeness (QED) is 0.345. The van der Waals surface area contributed by atoms with E-state index in [0.717, 1.165) is 33.3 Å². The number of rotatable bonds is 4. The first kappa shape index (κ1) is 19.6. The van der Waals surface area contributed by atoms with E-state index in [4.69, 9.17) is 10.7 Å². The van der Waals surface area contributed by atoms with Crippen molar-refractivity contribution in [3.05, 3.63) is 108 Å². The molecule has 0 spiro atoms. The smallest absolute Gasteiger partial charge is 0.165 e. The summed E-state index contributed by atoms with van der Waals surface area (Å²) in [6.07, 6.45) is 5.68. The highest BCUT2D eigenvalue weighted by Gasteiger charge is 2.14. The van der Waals surface area contributed by atoms with Gasteiger partial charge in [0.25, 0.3) is 0 Å². The van der Waals surface area contributed by atoms with E-state index in [9.17, 15) is 0 Å². The predicted octanol–water partition coefficient (Wildman–Crippen LogP) is 6.42. The maximum absolute atomic E-state index is 6.12. The molecule has 32 heavy (non-hydrogen) atoms. The minimum atomic E-state index is 0.434. The van der Waals surface area contributed by atoms with E-state index in [1.807, 2.05) is 24.3 Å². The Kier molecular flexibility index (Phi) is 5.18. The molecule has 0 amide bonds. The van der Waals surface area contributed by atoms with Crippen molar-refractivity contribution in [2.75, 3.05) is 5.73 Å². The molecule has 2 aromatic heterocycles. The van der Waals surface area contributed by atoms with Crippen molar-refractivity contribution in [2.45, 2.75) is 6.92 Å². The molecule has 0 fully saturated rings. The van der Waals surface area contributed by atoms with E-state index >= 15 is 0 Å². The van der Waals surface area contributed by atoms with Crippen molar-refractivity contribution in [3.63, 3.8) is 0 Å². The Morgan fingerprint density at radius 3 is 2.09 bits per heavy atom. The van der Waals surface area contributed by atoms with Crippen LogP contribution in [0.15, 0.2) is 91.3 Å². The summed E-state index contributed by atoms with van der Waals surface area (Å²) in [4.78, 5) is 13.4. The van der Waals surface area contributed by atoms with Crippen molar-refractivity contribution in [2.24, 2.45) is 0 Å². The highest BCUT2D eigenvalue weighted by molar-refractivity contribution is 5.94. The summed E-state index contributed by atoms with van der Waals surface area (Å²) in [6, 6.07) is 29.1. The lowest BCUT2D eigenvalue weighted by atomic mass is 9.97. The Hall–Kier alpha value is -4.31. The summed E-state index contributed by atoms with van der Waals surface area (Å²) in [6.45, 7) is 2.08. The molecule has 0 aliphatic rings. The number of fused-ring (bicyclic) bond motifs is 1. The third-order valence-corrected chi connectivity index (χ3v) is 5.47. The highest BCUT2D eigenvalue weighted by Crippen LogP contribution is 2.34. The normalized spacial score (nSPS) is 11.3. The first-order valence-corrected chi connectivity index (χ1v) is 10.5. The SMILES string of the molecule is Cc1ccc(-c2cc3c(N)ncnc3nc2-c2ccc(C=Cc3ccccc3)cc2)cc1. The number of nitrogens with zero attached hydrogens (tertiary/aromatic N) is 3. The number of aromatic nitrogens is 3. The molecule has 2 heterocycles. The number of pyridine rings is 1. The number of hydrogen-bond donors (Lipinski definition) is 1. The Balaban J connectivity index is 1.59. The molecule has 0 atom stereocenters. The van der Waals surface area contributed by atoms with Gasteiger partial charge in [-0.3, -0.25) is 0 Å². The summed E-state index contributed by atoms with van der Waals surface area (Å²) >= 11 is 0. The topological polar surface area (TPSA) is 64.7 Å². The van der Waals surface area contributed by atoms with E-state index in [-0.39, 0.29) is 0 Å². The van der Waals surface area contributed by atoms with Crippen molar-refractivity contribution in [1.29, 1.82) is 0 Å². The Morgan fingerprint density at radius 1 is 0.719 bits per heavy atom. The Bertz CT molecular complexity index is 1400. The first-order chi connectivity index (χ1) is 15.7. The first-order valence-electron chi connectivity index (χ1n) is 10.5. The van der Waals surface area contributed by atoms with Crippen LogP contribution in [0.2, 0.25) is 0 Å². The second-order valence-electron chi connectivity index (χ2n) is 7.75. The molecule has 154 valence electrons. The maximum atomic E-state index is 6.12. The van der Waals surface area contributed by atoms with Gasteiger partial charge in [-0.15, -0.1) is 0 Å². The zero-order valence-corrected chi connectivity index (χ0v) is 17.7. The molecule has 3 aromatic carbocycles. The van der Waals surface area contributed by atoms with Gasteiger partial charge >= 0.3 is 0 Å². The molecule has 0 unspecified atom stereocenters. The molecule has 0 radical (unpaired) electrons. The van der Waals surface area contributed by atoms with Crippen LogP contribution in [-0.2, 0) is 0 Å². The van der Waals surface area contributed by atoms with Crippen molar-refractivity contribution in [3.8, 4) is 22.4 Å². The average Bonchev–Trinajstić information content (AvgIpc) is 2.84. The lowest BCUT2D eigenvalue weighted by Crippen LogP contribution is -1.98. The van der Waals surface area contributed by atoms with Crippen molar-refractivity contribution in [1.82, 2.24) is 15.0 Å². The van der Waals surface area contributed by atoms with Gasteiger partial charge in [0.15, 0.2) is 5.65 Å². The lowest BCUT2D eigenvalue weighted by Gasteiger charge is -2.12. The molecule has 0 bridgehead atoms. The zero-order chi connectivity index (χ0) is 21.9. The van der Waals surface area contributed by atoms with Gasteiger partial charge in [0.05, 0.1) is 11.1 Å². The van der Waals surface area contributed by atoms with Crippen LogP contribution < -0.4 is 5.73 Å². The molecular formula is C28H22N4. The van der Waals surface area contributed by atoms with E-state index < -0.39 is 0 Å². The molecule has 4 heteroatoms. The zero-order valence-electron chi connectivity index (χ0n) is 17.7. The number of nitrogen functional groups attached to an aromatic ring is 1. The monoisotopic (exact) mass is 414 g/mol. The number of aryl methyl sites for hydroxylation is 1. The fraction of sp³-hybridized carbons (Fsp3) is 0.0357. The second-order valence-corrected chi connectivity index (χ2v) is 7.75. The van der Waals surface area contributed by atoms with Crippen LogP contribution in [-0.4, -0.2) is 15.0 Å². The molecule has 0 saturated heterocycles. The molecular weight excluding hydrogens is 392 g/mol. The van der Waals surface area contributed by atoms with E-state index in [0.29, 0.717) is 11.5 Å². The van der Waals surface area contributed by atoms with Gasteiger partial charge in [0.1, 0.15) is 12.1 Å². The van der Waals surface area contributed by atoms with Crippen LogP contribution in [0, 0.1) is 6.92 Å². The van der Waals surface area contributed by atoms with Gasteiger partial charge in [-0.2, -0.15) is 0 Å². The average molecular weight is 415 g/mol. The standard InChI is InChI=1S/C28H22N4/c1-19-7-13-22(14-8-19)24-17-25-27(29)30-18-31-28(25)32-26(24)23-15-11-21(12-16-23)10-9-20-5-3-2-4-6-20/h2-18H,1H3,(H2,29,30,31,32).